The zero-order valence-electron chi connectivity index (χ0n) is 20.1. The molecule has 10 nitrogen and oxygen atoms in total. The van der Waals surface area contributed by atoms with Gasteiger partial charge in [-0.2, -0.15) is 0 Å². The van der Waals surface area contributed by atoms with E-state index in [0.29, 0.717) is 31.6 Å². The van der Waals surface area contributed by atoms with Gasteiger partial charge in [-0.3, -0.25) is 34.2 Å². The van der Waals surface area contributed by atoms with E-state index in [1.165, 1.54) is 0 Å². The molecule has 190 valence electrons. The molecule has 1 aromatic rings. The second kappa shape index (κ2) is 12.4. The van der Waals surface area contributed by atoms with Gasteiger partial charge >= 0.3 is 0 Å². The molecular weight excluding hydrogens is 452 g/mol. The summed E-state index contributed by atoms with van der Waals surface area (Å²) in [6, 6.07) is 4.04. The Bertz CT molecular complexity index is 979. The number of piperidine rings is 1. The van der Waals surface area contributed by atoms with Gasteiger partial charge in [0.05, 0.1) is 17.2 Å². The van der Waals surface area contributed by atoms with E-state index in [4.69, 9.17) is 0 Å². The average molecular weight is 487 g/mol. The lowest BCUT2D eigenvalue weighted by Crippen LogP contribution is -2.54. The molecule has 1 saturated heterocycles. The number of hydrogen-bond donors (Lipinski definition) is 4. The first-order valence-corrected chi connectivity index (χ1v) is 12.4. The van der Waals surface area contributed by atoms with Gasteiger partial charge in [-0.05, 0) is 37.8 Å². The number of aliphatic hydroxyl groups is 1. The normalized spacial score (nSPS) is 18.3. The summed E-state index contributed by atoms with van der Waals surface area (Å²) in [5.74, 6) is -2.10. The highest BCUT2D eigenvalue weighted by molar-refractivity contribution is 6.25. The fourth-order valence-corrected chi connectivity index (χ4v) is 4.29. The van der Waals surface area contributed by atoms with Gasteiger partial charge < -0.3 is 15.7 Å². The Balaban J connectivity index is 1.41. The number of carbonyl (C=O) groups excluding carboxylic acids is 5. The van der Waals surface area contributed by atoms with Crippen LogP contribution in [0.1, 0.15) is 85.4 Å². The number of imide groups is 2. The van der Waals surface area contributed by atoms with Gasteiger partial charge in [0.15, 0.2) is 0 Å². The summed E-state index contributed by atoms with van der Waals surface area (Å²) in [4.78, 5) is 62.3. The Morgan fingerprint density at radius 2 is 1.86 bits per heavy atom. The molecule has 0 aliphatic carbocycles. The van der Waals surface area contributed by atoms with E-state index in [1.54, 1.807) is 18.2 Å². The van der Waals surface area contributed by atoms with Crippen LogP contribution in [0.15, 0.2) is 18.2 Å². The Kier molecular flexibility index (Phi) is 9.36. The molecule has 0 aromatic heterocycles. The zero-order chi connectivity index (χ0) is 25.4. The lowest BCUT2D eigenvalue weighted by molar-refractivity contribution is -0.136. The van der Waals surface area contributed by atoms with E-state index in [-0.39, 0.29) is 29.9 Å². The number of amides is 5. The highest BCUT2D eigenvalue weighted by atomic mass is 16.3. The second-order valence-corrected chi connectivity index (χ2v) is 8.99. The molecule has 2 atom stereocenters. The van der Waals surface area contributed by atoms with Crippen molar-refractivity contribution in [1.29, 1.82) is 0 Å². The van der Waals surface area contributed by atoms with Gasteiger partial charge in [0.2, 0.25) is 17.7 Å². The number of nitrogens with one attached hydrogen (secondary N) is 3. The second-order valence-electron chi connectivity index (χ2n) is 8.99. The van der Waals surface area contributed by atoms with Crippen LogP contribution in [0.25, 0.3) is 0 Å². The molecule has 2 aliphatic heterocycles. The molecular formula is C25H34N4O6. The Morgan fingerprint density at radius 3 is 2.60 bits per heavy atom. The van der Waals surface area contributed by atoms with Crippen LogP contribution in [0.3, 0.4) is 0 Å². The van der Waals surface area contributed by atoms with Crippen molar-refractivity contribution in [2.45, 2.75) is 76.9 Å². The standard InChI is InChI=1S/C25H34N4O6/c1-2-16(30)15-27-20(31)11-6-4-3-5-7-14-26-18-10-8-9-17-22(18)25(35)29(24(17)34)19-12-13-21(32)28-23(19)33/h8-10,16,19,26,30H,2-7,11-15H2,1H3,(H,27,31)(H,28,32,33). The Hall–Kier alpha value is -3.27. The average Bonchev–Trinajstić information content (AvgIpc) is 3.09. The van der Waals surface area contributed by atoms with Crippen LogP contribution in [-0.2, 0) is 14.4 Å². The third-order valence-corrected chi connectivity index (χ3v) is 6.37. The zero-order valence-corrected chi connectivity index (χ0v) is 20.1. The molecule has 0 bridgehead atoms. The molecule has 0 radical (unpaired) electrons. The number of nitrogens with zero attached hydrogens (tertiary/aromatic N) is 1. The molecule has 1 fully saturated rings. The Morgan fingerprint density at radius 1 is 1.11 bits per heavy atom. The maximum Gasteiger partial charge on any atom is 0.264 e. The lowest BCUT2D eigenvalue weighted by atomic mass is 10.0. The van der Waals surface area contributed by atoms with Crippen molar-refractivity contribution in [3.8, 4) is 0 Å². The number of hydrogen-bond acceptors (Lipinski definition) is 7. The quantitative estimate of drug-likeness (QED) is 0.245. The summed E-state index contributed by atoms with van der Waals surface area (Å²) in [5, 5.41) is 17.6. The molecule has 10 heteroatoms. The van der Waals surface area contributed by atoms with Crippen molar-refractivity contribution >= 4 is 35.2 Å². The summed E-state index contributed by atoms with van der Waals surface area (Å²) in [6.45, 7) is 2.78. The number of anilines is 1. The molecule has 0 spiro atoms. The van der Waals surface area contributed by atoms with E-state index in [9.17, 15) is 29.1 Å². The number of fused-ring (bicyclic) bond motifs is 1. The van der Waals surface area contributed by atoms with Gasteiger partial charge in [-0.1, -0.05) is 32.3 Å². The highest BCUT2D eigenvalue weighted by Gasteiger charge is 2.45. The molecule has 1 aromatic carbocycles. The van der Waals surface area contributed by atoms with E-state index >= 15 is 0 Å². The van der Waals surface area contributed by atoms with Crippen molar-refractivity contribution in [2.24, 2.45) is 0 Å². The van der Waals surface area contributed by atoms with Crippen molar-refractivity contribution in [3.63, 3.8) is 0 Å². The monoisotopic (exact) mass is 486 g/mol. The van der Waals surface area contributed by atoms with Crippen molar-refractivity contribution in [2.75, 3.05) is 18.4 Å². The summed E-state index contributed by atoms with van der Waals surface area (Å²) in [5.41, 5.74) is 1.08. The largest absolute Gasteiger partial charge is 0.391 e. The molecule has 4 N–H and O–H groups in total. The summed E-state index contributed by atoms with van der Waals surface area (Å²) in [7, 11) is 0. The molecule has 0 saturated carbocycles. The minimum atomic E-state index is -0.980. The van der Waals surface area contributed by atoms with Crippen molar-refractivity contribution in [1.82, 2.24) is 15.5 Å². The van der Waals surface area contributed by atoms with E-state index < -0.39 is 35.8 Å². The van der Waals surface area contributed by atoms with Gasteiger partial charge in [0.1, 0.15) is 6.04 Å². The summed E-state index contributed by atoms with van der Waals surface area (Å²) in [6.07, 6.45) is 5.28. The lowest BCUT2D eigenvalue weighted by Gasteiger charge is -2.27. The van der Waals surface area contributed by atoms with Crippen LogP contribution in [0.2, 0.25) is 0 Å². The molecule has 2 heterocycles. The third kappa shape index (κ3) is 6.66. The molecule has 5 amide bonds. The van der Waals surface area contributed by atoms with Crippen LogP contribution in [0.5, 0.6) is 0 Å². The van der Waals surface area contributed by atoms with Crippen LogP contribution < -0.4 is 16.0 Å². The Labute approximate surface area is 204 Å². The van der Waals surface area contributed by atoms with Gasteiger partial charge in [0, 0.05) is 31.6 Å². The first-order chi connectivity index (χ1) is 16.8. The molecule has 2 aliphatic rings. The highest BCUT2D eigenvalue weighted by Crippen LogP contribution is 2.32. The fraction of sp³-hybridized carbons (Fsp3) is 0.560. The van der Waals surface area contributed by atoms with Gasteiger partial charge in [0.25, 0.3) is 11.8 Å². The van der Waals surface area contributed by atoms with Crippen LogP contribution >= 0.6 is 0 Å². The maximum atomic E-state index is 13.1. The first kappa shape index (κ1) is 26.3. The minimum Gasteiger partial charge on any atom is -0.391 e. The van der Waals surface area contributed by atoms with Crippen LogP contribution in [-0.4, -0.2) is 64.8 Å². The molecule has 35 heavy (non-hydrogen) atoms. The van der Waals surface area contributed by atoms with Gasteiger partial charge in [-0.15, -0.1) is 0 Å². The van der Waals surface area contributed by atoms with Gasteiger partial charge in [-0.25, -0.2) is 0 Å². The fourth-order valence-electron chi connectivity index (χ4n) is 4.29. The topological polar surface area (TPSA) is 145 Å². The van der Waals surface area contributed by atoms with E-state index in [0.717, 1.165) is 37.0 Å². The molecule has 3 rings (SSSR count). The first-order valence-electron chi connectivity index (χ1n) is 12.4. The SMILES string of the molecule is CCC(O)CNC(=O)CCCCCCCNc1cccc2c1C(=O)N(C1CCC(=O)NC1=O)C2=O. The summed E-state index contributed by atoms with van der Waals surface area (Å²) >= 11 is 0. The predicted octanol–water partition coefficient (Wildman–Crippen LogP) is 1.73. The third-order valence-electron chi connectivity index (χ3n) is 6.37. The number of rotatable bonds is 13. The number of carbonyl (C=O) groups is 5. The van der Waals surface area contributed by atoms with Crippen molar-refractivity contribution in [3.05, 3.63) is 29.3 Å². The summed E-state index contributed by atoms with van der Waals surface area (Å²) < 4.78 is 0. The number of unbranched alkanes of at least 4 members (excludes halogenated alkanes) is 4. The van der Waals surface area contributed by atoms with Crippen molar-refractivity contribution < 1.29 is 29.1 Å². The minimum absolute atomic E-state index is 0.0392. The maximum absolute atomic E-state index is 13.1. The smallest absolute Gasteiger partial charge is 0.264 e. The van der Waals surface area contributed by atoms with E-state index in [1.807, 2.05) is 6.92 Å². The number of aliphatic hydroxyl groups excluding tert-OH is 1. The van der Waals surface area contributed by atoms with E-state index in [2.05, 4.69) is 16.0 Å². The predicted molar refractivity (Wildman–Crippen MR) is 129 cm³/mol. The molecule has 2 unspecified atom stereocenters. The van der Waals surface area contributed by atoms with Crippen LogP contribution in [0, 0.1) is 0 Å². The van der Waals surface area contributed by atoms with Crippen LogP contribution in [0.4, 0.5) is 5.69 Å². The number of benzene rings is 1.